The lowest BCUT2D eigenvalue weighted by molar-refractivity contribution is 0.249. The van der Waals surface area contributed by atoms with Gasteiger partial charge in [0.25, 0.3) is 0 Å². The summed E-state index contributed by atoms with van der Waals surface area (Å²) in [6.07, 6.45) is 0. The van der Waals surface area contributed by atoms with E-state index in [1.807, 2.05) is 7.05 Å². The zero-order chi connectivity index (χ0) is 16.5. The highest BCUT2D eigenvalue weighted by molar-refractivity contribution is 14.0. The summed E-state index contributed by atoms with van der Waals surface area (Å²) >= 11 is 1.75. The Morgan fingerprint density at radius 2 is 1.92 bits per heavy atom. The molecule has 0 aliphatic heterocycles. The molecule has 0 fully saturated rings. The minimum atomic E-state index is 0. The monoisotopic (exact) mass is 458 g/mol. The molecule has 2 aromatic rings. The van der Waals surface area contributed by atoms with Gasteiger partial charge in [0, 0.05) is 31.1 Å². The van der Waals surface area contributed by atoms with Gasteiger partial charge in [-0.25, -0.2) is 0 Å². The number of nitrogens with zero attached hydrogens (tertiary/aromatic N) is 2. The molecule has 0 radical (unpaired) electrons. The van der Waals surface area contributed by atoms with E-state index >= 15 is 0 Å². The van der Waals surface area contributed by atoms with Crippen molar-refractivity contribution < 1.29 is 0 Å². The van der Waals surface area contributed by atoms with Crippen LogP contribution in [0.3, 0.4) is 0 Å². The van der Waals surface area contributed by atoms with Gasteiger partial charge in [-0.15, -0.1) is 35.3 Å². The lowest BCUT2D eigenvalue weighted by Gasteiger charge is -2.25. The van der Waals surface area contributed by atoms with Gasteiger partial charge >= 0.3 is 0 Å². The van der Waals surface area contributed by atoms with Crippen LogP contribution < -0.4 is 10.6 Å². The summed E-state index contributed by atoms with van der Waals surface area (Å²) < 4.78 is 0. The number of likely N-dealkylation sites (N-methyl/N-ethyl adjacent to an activating group) is 1. The Kier molecular flexibility index (Phi) is 9.97. The Morgan fingerprint density at radius 1 is 1.17 bits per heavy atom. The molecule has 1 unspecified atom stereocenters. The van der Waals surface area contributed by atoms with Crippen molar-refractivity contribution in [1.29, 1.82) is 0 Å². The largest absolute Gasteiger partial charge is 0.355 e. The van der Waals surface area contributed by atoms with Crippen LogP contribution >= 0.6 is 35.3 Å². The molecule has 1 aromatic heterocycles. The number of benzene rings is 1. The van der Waals surface area contributed by atoms with E-state index in [-0.39, 0.29) is 24.0 Å². The third-order valence-corrected chi connectivity index (χ3v) is 4.70. The van der Waals surface area contributed by atoms with Gasteiger partial charge in [0.2, 0.25) is 0 Å². The van der Waals surface area contributed by atoms with Crippen molar-refractivity contribution in [2.45, 2.75) is 26.1 Å². The summed E-state index contributed by atoms with van der Waals surface area (Å²) in [5.41, 5.74) is 1.34. The van der Waals surface area contributed by atoms with Crippen LogP contribution in [0.25, 0.3) is 0 Å². The second-order valence-corrected chi connectivity index (χ2v) is 6.67. The Balaban J connectivity index is 0.00000288. The molecule has 0 bridgehead atoms. The molecular weight excluding hydrogens is 431 g/mol. The summed E-state index contributed by atoms with van der Waals surface area (Å²) in [5.74, 6) is 0.846. The van der Waals surface area contributed by atoms with Crippen molar-refractivity contribution in [3.63, 3.8) is 0 Å². The van der Waals surface area contributed by atoms with Gasteiger partial charge in [-0.05, 0) is 31.0 Å². The molecule has 2 rings (SSSR count). The molecule has 0 amide bonds. The Hall–Kier alpha value is -1.12. The zero-order valence-corrected chi connectivity index (χ0v) is 17.7. The van der Waals surface area contributed by atoms with E-state index in [0.29, 0.717) is 6.04 Å². The molecule has 6 heteroatoms. The van der Waals surface area contributed by atoms with E-state index in [1.54, 1.807) is 11.3 Å². The number of aliphatic imine (C=N–C) groups is 1. The predicted octanol–water partition coefficient (Wildman–Crippen LogP) is 3.55. The normalized spacial score (nSPS) is 12.6. The smallest absolute Gasteiger partial charge is 0.191 e. The third kappa shape index (κ3) is 7.19. The standard InChI is InChI=1S/C18H26N4S.HI/c1-15(22(3)14-16-8-5-4-6-9-16)12-20-18(19-2)21-13-17-10-7-11-23-17;/h4-11,15H,12-14H2,1-3H3,(H2,19,20,21);1H. The van der Waals surface area contributed by atoms with Crippen LogP contribution in [0.1, 0.15) is 17.4 Å². The number of rotatable bonds is 7. The van der Waals surface area contributed by atoms with Gasteiger partial charge in [0.15, 0.2) is 5.96 Å². The van der Waals surface area contributed by atoms with Crippen LogP contribution in [0.2, 0.25) is 0 Å². The highest BCUT2D eigenvalue weighted by atomic mass is 127. The molecular formula is C18H27IN4S. The molecule has 2 N–H and O–H groups in total. The molecule has 24 heavy (non-hydrogen) atoms. The summed E-state index contributed by atoms with van der Waals surface area (Å²) in [6.45, 7) is 4.84. The van der Waals surface area contributed by atoms with Gasteiger partial charge < -0.3 is 10.6 Å². The van der Waals surface area contributed by atoms with E-state index in [1.165, 1.54) is 10.4 Å². The van der Waals surface area contributed by atoms with Crippen molar-refractivity contribution in [2.75, 3.05) is 20.6 Å². The molecule has 4 nitrogen and oxygen atoms in total. The van der Waals surface area contributed by atoms with E-state index in [0.717, 1.165) is 25.6 Å². The topological polar surface area (TPSA) is 39.7 Å². The van der Waals surface area contributed by atoms with Gasteiger partial charge in [-0.2, -0.15) is 0 Å². The molecule has 132 valence electrons. The SMILES string of the molecule is CN=C(NCc1cccs1)NCC(C)N(C)Cc1ccccc1.I. The maximum absolute atomic E-state index is 4.28. The first-order valence-electron chi connectivity index (χ1n) is 7.90. The predicted molar refractivity (Wildman–Crippen MR) is 115 cm³/mol. The fourth-order valence-electron chi connectivity index (χ4n) is 2.23. The minimum Gasteiger partial charge on any atom is -0.355 e. The molecule has 1 heterocycles. The van der Waals surface area contributed by atoms with E-state index in [4.69, 9.17) is 0 Å². The zero-order valence-electron chi connectivity index (χ0n) is 14.5. The number of halogens is 1. The van der Waals surface area contributed by atoms with Crippen LogP contribution in [0.15, 0.2) is 52.8 Å². The van der Waals surface area contributed by atoms with E-state index in [9.17, 15) is 0 Å². The molecule has 1 atom stereocenters. The van der Waals surface area contributed by atoms with E-state index in [2.05, 4.69) is 82.3 Å². The maximum Gasteiger partial charge on any atom is 0.191 e. The first kappa shape index (κ1) is 20.9. The van der Waals surface area contributed by atoms with E-state index < -0.39 is 0 Å². The lowest BCUT2D eigenvalue weighted by Crippen LogP contribution is -2.44. The number of hydrogen-bond acceptors (Lipinski definition) is 3. The highest BCUT2D eigenvalue weighted by Crippen LogP contribution is 2.07. The van der Waals surface area contributed by atoms with Crippen molar-refractivity contribution in [3.05, 3.63) is 58.3 Å². The average molecular weight is 458 g/mol. The number of thiophene rings is 1. The van der Waals surface area contributed by atoms with Crippen molar-refractivity contribution in [3.8, 4) is 0 Å². The number of nitrogens with one attached hydrogen (secondary N) is 2. The van der Waals surface area contributed by atoms with Crippen LogP contribution in [-0.4, -0.2) is 37.5 Å². The van der Waals surface area contributed by atoms with Crippen molar-refractivity contribution in [1.82, 2.24) is 15.5 Å². The maximum atomic E-state index is 4.28. The molecule has 0 aliphatic rings. The Bertz CT molecular complexity index is 586. The summed E-state index contributed by atoms with van der Waals surface area (Å²) in [4.78, 5) is 7.93. The fraction of sp³-hybridized carbons (Fsp3) is 0.389. The number of hydrogen-bond donors (Lipinski definition) is 2. The second-order valence-electron chi connectivity index (χ2n) is 5.64. The van der Waals surface area contributed by atoms with Crippen LogP contribution in [-0.2, 0) is 13.1 Å². The first-order chi connectivity index (χ1) is 11.2. The first-order valence-corrected chi connectivity index (χ1v) is 8.78. The van der Waals surface area contributed by atoms with Crippen molar-refractivity contribution >= 4 is 41.3 Å². The minimum absolute atomic E-state index is 0. The van der Waals surface area contributed by atoms with Gasteiger partial charge in [0.1, 0.15) is 0 Å². The van der Waals surface area contributed by atoms with Crippen LogP contribution in [0.4, 0.5) is 0 Å². The summed E-state index contributed by atoms with van der Waals surface area (Å²) in [5, 5.41) is 8.84. The molecule has 0 saturated heterocycles. The summed E-state index contributed by atoms with van der Waals surface area (Å²) in [7, 11) is 3.96. The number of guanidine groups is 1. The Morgan fingerprint density at radius 3 is 2.54 bits per heavy atom. The lowest BCUT2D eigenvalue weighted by atomic mass is 10.2. The van der Waals surface area contributed by atoms with Crippen LogP contribution in [0, 0.1) is 0 Å². The van der Waals surface area contributed by atoms with Gasteiger partial charge in [-0.3, -0.25) is 9.89 Å². The third-order valence-electron chi connectivity index (χ3n) is 3.83. The Labute approximate surface area is 166 Å². The fourth-order valence-corrected chi connectivity index (χ4v) is 2.88. The van der Waals surface area contributed by atoms with Crippen molar-refractivity contribution in [2.24, 2.45) is 4.99 Å². The highest BCUT2D eigenvalue weighted by Gasteiger charge is 2.10. The molecule has 0 spiro atoms. The average Bonchev–Trinajstić information content (AvgIpc) is 3.09. The molecule has 0 aliphatic carbocycles. The quantitative estimate of drug-likeness (QED) is 0.379. The van der Waals surface area contributed by atoms with Crippen LogP contribution in [0.5, 0.6) is 0 Å². The molecule has 1 aromatic carbocycles. The molecule has 0 saturated carbocycles. The van der Waals surface area contributed by atoms with Gasteiger partial charge in [-0.1, -0.05) is 36.4 Å². The van der Waals surface area contributed by atoms with Gasteiger partial charge in [0.05, 0.1) is 6.54 Å². The summed E-state index contributed by atoms with van der Waals surface area (Å²) in [6, 6.07) is 15.2. The second kappa shape index (κ2) is 11.4.